The van der Waals surface area contributed by atoms with Gasteiger partial charge in [0, 0.05) is 17.3 Å². The van der Waals surface area contributed by atoms with Gasteiger partial charge in [-0.15, -0.1) is 0 Å². The van der Waals surface area contributed by atoms with Gasteiger partial charge in [-0.05, 0) is 30.7 Å². The van der Waals surface area contributed by atoms with E-state index in [-0.39, 0.29) is 16.4 Å². The zero-order valence-electron chi connectivity index (χ0n) is 8.85. The number of H-pyrrole nitrogens is 1. The van der Waals surface area contributed by atoms with Gasteiger partial charge < -0.3 is 4.98 Å². The Labute approximate surface area is 107 Å². The highest BCUT2D eigenvalue weighted by Crippen LogP contribution is 2.31. The molecule has 0 saturated carbocycles. The summed E-state index contributed by atoms with van der Waals surface area (Å²) in [5.41, 5.74) is 1.31. The maximum atomic E-state index is 13.3. The number of aromatic nitrogens is 1. The molecular formula is C12H8Cl2FNO. The van der Waals surface area contributed by atoms with Crippen LogP contribution in [0.15, 0.2) is 29.2 Å². The van der Waals surface area contributed by atoms with Gasteiger partial charge in [-0.2, -0.15) is 0 Å². The Morgan fingerprint density at radius 3 is 2.59 bits per heavy atom. The van der Waals surface area contributed by atoms with Crippen LogP contribution in [-0.4, -0.2) is 4.98 Å². The summed E-state index contributed by atoms with van der Waals surface area (Å²) in [4.78, 5) is 13.6. The molecule has 0 spiro atoms. The zero-order valence-corrected chi connectivity index (χ0v) is 10.4. The molecule has 88 valence electrons. The second-order valence-corrected chi connectivity index (χ2v) is 4.43. The van der Waals surface area contributed by atoms with Crippen LogP contribution in [0.2, 0.25) is 10.0 Å². The van der Waals surface area contributed by atoms with Crippen molar-refractivity contribution >= 4 is 23.2 Å². The van der Waals surface area contributed by atoms with Crippen LogP contribution in [0.4, 0.5) is 4.39 Å². The van der Waals surface area contributed by atoms with Crippen molar-refractivity contribution in [3.05, 3.63) is 56.2 Å². The summed E-state index contributed by atoms with van der Waals surface area (Å²) in [5.74, 6) is -0.385. The molecule has 0 aliphatic rings. The summed E-state index contributed by atoms with van der Waals surface area (Å²) in [5, 5.41) is 0.481. The molecule has 0 unspecified atom stereocenters. The first-order valence-corrected chi connectivity index (χ1v) is 5.59. The lowest BCUT2D eigenvalue weighted by molar-refractivity contribution is 0.627. The zero-order chi connectivity index (χ0) is 12.6. The van der Waals surface area contributed by atoms with Crippen LogP contribution in [0.1, 0.15) is 5.56 Å². The van der Waals surface area contributed by atoms with Crippen LogP contribution in [0.25, 0.3) is 11.1 Å². The summed E-state index contributed by atoms with van der Waals surface area (Å²) in [6, 6.07) is 4.11. The summed E-state index contributed by atoms with van der Waals surface area (Å²) in [6.07, 6.45) is 1.45. The summed E-state index contributed by atoms with van der Waals surface area (Å²) >= 11 is 11.8. The normalized spacial score (nSPS) is 10.6. The first-order chi connectivity index (χ1) is 7.99. The van der Waals surface area contributed by atoms with Gasteiger partial charge in [-0.3, -0.25) is 4.79 Å². The van der Waals surface area contributed by atoms with Gasteiger partial charge in [0.2, 0.25) is 0 Å². The van der Waals surface area contributed by atoms with Crippen LogP contribution in [0.3, 0.4) is 0 Å². The first-order valence-electron chi connectivity index (χ1n) is 4.83. The second kappa shape index (κ2) is 4.51. The number of hydrogen-bond acceptors (Lipinski definition) is 1. The molecule has 1 aromatic carbocycles. The lowest BCUT2D eigenvalue weighted by atomic mass is 10.0. The van der Waals surface area contributed by atoms with E-state index in [9.17, 15) is 9.18 Å². The molecule has 0 bridgehead atoms. The lowest BCUT2D eigenvalue weighted by Crippen LogP contribution is -2.04. The third kappa shape index (κ3) is 2.35. The van der Waals surface area contributed by atoms with E-state index in [0.29, 0.717) is 21.7 Å². The fourth-order valence-electron chi connectivity index (χ4n) is 1.55. The molecular weight excluding hydrogens is 264 g/mol. The molecule has 1 heterocycles. The Hall–Kier alpha value is -1.32. The Balaban J connectivity index is 2.68. The number of aryl methyl sites for hydroxylation is 1. The van der Waals surface area contributed by atoms with E-state index in [1.54, 1.807) is 6.92 Å². The molecule has 5 heteroatoms. The van der Waals surface area contributed by atoms with Gasteiger partial charge in [0.15, 0.2) is 0 Å². The van der Waals surface area contributed by atoms with Crippen LogP contribution < -0.4 is 5.56 Å². The smallest absolute Gasteiger partial charge is 0.266 e. The van der Waals surface area contributed by atoms with Crippen LogP contribution in [0.5, 0.6) is 0 Å². The fourth-order valence-corrected chi connectivity index (χ4v) is 1.94. The molecule has 0 aliphatic carbocycles. The maximum absolute atomic E-state index is 13.3. The standard InChI is InChI=1S/C12H8Cl2FNO/c1-6-2-8(15)4-9(11(6)14)7-3-10(13)12(17)16-5-7/h2-5H,1H3,(H,16,17). The van der Waals surface area contributed by atoms with Crippen molar-refractivity contribution in [1.82, 2.24) is 4.98 Å². The molecule has 0 radical (unpaired) electrons. The predicted molar refractivity (Wildman–Crippen MR) is 67.2 cm³/mol. The summed E-state index contributed by atoms with van der Waals surface area (Å²) in [7, 11) is 0. The molecule has 0 aliphatic heterocycles. The van der Waals surface area contributed by atoms with E-state index < -0.39 is 0 Å². The van der Waals surface area contributed by atoms with Gasteiger partial charge in [-0.25, -0.2) is 4.39 Å². The van der Waals surface area contributed by atoms with Crippen molar-refractivity contribution in [3.63, 3.8) is 0 Å². The number of halogens is 3. The van der Waals surface area contributed by atoms with E-state index in [4.69, 9.17) is 23.2 Å². The van der Waals surface area contributed by atoms with E-state index >= 15 is 0 Å². The number of rotatable bonds is 1. The molecule has 17 heavy (non-hydrogen) atoms. The van der Waals surface area contributed by atoms with Gasteiger partial charge in [0.1, 0.15) is 10.8 Å². The van der Waals surface area contributed by atoms with E-state index in [2.05, 4.69) is 4.98 Å². The molecule has 0 saturated heterocycles. The van der Waals surface area contributed by atoms with Gasteiger partial charge >= 0.3 is 0 Å². The van der Waals surface area contributed by atoms with Crippen LogP contribution >= 0.6 is 23.2 Å². The number of nitrogens with one attached hydrogen (secondary N) is 1. The average Bonchev–Trinajstić information content (AvgIpc) is 2.27. The maximum Gasteiger partial charge on any atom is 0.266 e. The lowest BCUT2D eigenvalue weighted by Gasteiger charge is -2.07. The van der Waals surface area contributed by atoms with E-state index in [1.165, 1.54) is 24.4 Å². The van der Waals surface area contributed by atoms with E-state index in [0.717, 1.165) is 0 Å². The summed E-state index contributed by atoms with van der Waals surface area (Å²) in [6.45, 7) is 1.71. The van der Waals surface area contributed by atoms with Crippen molar-refractivity contribution in [2.24, 2.45) is 0 Å². The van der Waals surface area contributed by atoms with Crippen LogP contribution in [-0.2, 0) is 0 Å². The topological polar surface area (TPSA) is 32.9 Å². The van der Waals surface area contributed by atoms with Crippen molar-refractivity contribution in [1.29, 1.82) is 0 Å². The molecule has 0 atom stereocenters. The Kier molecular flexibility index (Phi) is 3.22. The number of pyridine rings is 1. The minimum atomic E-state index is -0.389. The highest BCUT2D eigenvalue weighted by molar-refractivity contribution is 6.34. The minimum Gasteiger partial charge on any atom is -0.327 e. The molecule has 2 nitrogen and oxygen atoms in total. The Morgan fingerprint density at radius 1 is 1.24 bits per heavy atom. The molecule has 0 fully saturated rings. The third-order valence-corrected chi connectivity index (χ3v) is 3.17. The van der Waals surface area contributed by atoms with Crippen molar-refractivity contribution in [3.8, 4) is 11.1 Å². The van der Waals surface area contributed by atoms with Crippen LogP contribution in [0, 0.1) is 12.7 Å². The SMILES string of the molecule is Cc1cc(F)cc(-c2c[nH]c(=O)c(Cl)c2)c1Cl. The third-order valence-electron chi connectivity index (χ3n) is 2.39. The van der Waals surface area contributed by atoms with Crippen molar-refractivity contribution in [2.45, 2.75) is 6.92 Å². The van der Waals surface area contributed by atoms with Gasteiger partial charge in [-0.1, -0.05) is 23.2 Å². The number of benzene rings is 1. The molecule has 1 aromatic heterocycles. The fraction of sp³-hybridized carbons (Fsp3) is 0.0833. The molecule has 0 amide bonds. The van der Waals surface area contributed by atoms with Gasteiger partial charge in [0.25, 0.3) is 5.56 Å². The molecule has 2 rings (SSSR count). The minimum absolute atomic E-state index is 0.0421. The quantitative estimate of drug-likeness (QED) is 0.841. The number of aromatic amines is 1. The van der Waals surface area contributed by atoms with Crippen molar-refractivity contribution < 1.29 is 4.39 Å². The van der Waals surface area contributed by atoms with Crippen molar-refractivity contribution in [2.75, 3.05) is 0 Å². The summed E-state index contributed by atoms with van der Waals surface area (Å²) < 4.78 is 13.3. The first kappa shape index (κ1) is 12.1. The molecule has 2 aromatic rings. The highest BCUT2D eigenvalue weighted by atomic mass is 35.5. The molecule has 1 N–H and O–H groups in total. The second-order valence-electron chi connectivity index (χ2n) is 3.65. The average molecular weight is 272 g/mol. The highest BCUT2D eigenvalue weighted by Gasteiger charge is 2.10. The predicted octanol–water partition coefficient (Wildman–Crippen LogP) is 3.80. The Morgan fingerprint density at radius 2 is 1.94 bits per heavy atom. The van der Waals surface area contributed by atoms with E-state index in [1.807, 2.05) is 0 Å². The Bertz CT molecular complexity index is 637. The number of hydrogen-bond donors (Lipinski definition) is 1. The monoisotopic (exact) mass is 271 g/mol. The largest absolute Gasteiger partial charge is 0.327 e. The van der Waals surface area contributed by atoms with Gasteiger partial charge in [0.05, 0.1) is 5.02 Å².